The minimum atomic E-state index is 0.758. The molecule has 0 saturated carbocycles. The van der Waals surface area contributed by atoms with Crippen molar-refractivity contribution in [1.82, 2.24) is 9.78 Å². The number of hydrogen-bond donors (Lipinski definition) is 0. The first-order valence-corrected chi connectivity index (χ1v) is 5.24. The van der Waals surface area contributed by atoms with Gasteiger partial charge in [0.05, 0.1) is 12.7 Å². The minimum Gasteiger partial charge on any atom is -0.268 e. The first kappa shape index (κ1) is 11.5. The summed E-state index contributed by atoms with van der Waals surface area (Å²) in [6.07, 6.45) is 13.0. The van der Waals surface area contributed by atoms with Gasteiger partial charge in [0.15, 0.2) is 0 Å². The van der Waals surface area contributed by atoms with Gasteiger partial charge in [-0.05, 0) is 24.5 Å². The average molecular weight is 202 g/mol. The zero-order chi connectivity index (χ0) is 11.1. The Morgan fingerprint density at radius 3 is 2.93 bits per heavy atom. The predicted molar refractivity (Wildman–Crippen MR) is 64.7 cm³/mol. The van der Waals surface area contributed by atoms with Crippen molar-refractivity contribution < 1.29 is 0 Å². The summed E-state index contributed by atoms with van der Waals surface area (Å²) in [6, 6.07) is 0. The Bertz CT molecular complexity index is 370. The maximum atomic E-state index is 4.26. The lowest BCUT2D eigenvalue weighted by Gasteiger charge is -1.99. The van der Waals surface area contributed by atoms with E-state index in [1.165, 1.54) is 5.56 Å². The van der Waals surface area contributed by atoms with Gasteiger partial charge in [-0.3, -0.25) is 4.68 Å². The molecule has 0 N–H and O–H groups in total. The van der Waals surface area contributed by atoms with E-state index in [9.17, 15) is 0 Å². The van der Waals surface area contributed by atoms with E-state index < -0.39 is 0 Å². The van der Waals surface area contributed by atoms with Crippen LogP contribution in [-0.2, 0) is 13.0 Å². The number of allylic oxidation sites excluding steroid dienone is 5. The van der Waals surface area contributed by atoms with Crippen LogP contribution in [0.25, 0.3) is 0 Å². The largest absolute Gasteiger partial charge is 0.268 e. The molecule has 0 radical (unpaired) electrons. The second kappa shape index (κ2) is 6.02. The Morgan fingerprint density at radius 2 is 2.33 bits per heavy atom. The lowest BCUT2D eigenvalue weighted by molar-refractivity contribution is 0.687. The number of nitrogens with zero attached hydrogens (tertiary/aromatic N) is 2. The fourth-order valence-electron chi connectivity index (χ4n) is 1.24. The minimum absolute atomic E-state index is 0.758. The van der Waals surface area contributed by atoms with Gasteiger partial charge in [-0.2, -0.15) is 5.10 Å². The summed E-state index contributed by atoms with van der Waals surface area (Å²) in [6.45, 7) is 8.85. The number of rotatable bonds is 5. The molecule has 0 fully saturated rings. The summed E-state index contributed by atoms with van der Waals surface area (Å²) >= 11 is 0. The molecule has 2 nitrogen and oxygen atoms in total. The third-order valence-electron chi connectivity index (χ3n) is 2.10. The predicted octanol–water partition coefficient (Wildman–Crippen LogP) is 3.13. The maximum absolute atomic E-state index is 4.26. The number of aryl methyl sites for hydroxylation is 1. The highest BCUT2D eigenvalue weighted by atomic mass is 15.3. The third kappa shape index (κ3) is 3.98. The van der Waals surface area contributed by atoms with Gasteiger partial charge < -0.3 is 0 Å². The summed E-state index contributed by atoms with van der Waals surface area (Å²) < 4.78 is 1.92. The van der Waals surface area contributed by atoms with Crippen molar-refractivity contribution in [3.8, 4) is 0 Å². The van der Waals surface area contributed by atoms with Gasteiger partial charge in [0.2, 0.25) is 0 Å². The van der Waals surface area contributed by atoms with Crippen LogP contribution in [0, 0.1) is 0 Å². The Labute approximate surface area is 91.6 Å². The molecule has 1 rings (SSSR count). The van der Waals surface area contributed by atoms with E-state index in [2.05, 4.69) is 24.8 Å². The highest BCUT2D eigenvalue weighted by Gasteiger charge is 1.96. The first-order valence-electron chi connectivity index (χ1n) is 5.24. The molecule has 1 aromatic rings. The van der Waals surface area contributed by atoms with Gasteiger partial charge in [-0.25, -0.2) is 0 Å². The molecule has 0 aromatic carbocycles. The summed E-state index contributed by atoms with van der Waals surface area (Å²) in [5, 5.41) is 4.26. The third-order valence-corrected chi connectivity index (χ3v) is 2.10. The molecule has 1 aromatic heterocycles. The van der Waals surface area contributed by atoms with Gasteiger partial charge in [-0.15, -0.1) is 0 Å². The lowest BCUT2D eigenvalue weighted by Crippen LogP contribution is -1.98. The van der Waals surface area contributed by atoms with Crippen LogP contribution in [0.2, 0.25) is 0 Å². The van der Waals surface area contributed by atoms with Crippen LogP contribution < -0.4 is 0 Å². The van der Waals surface area contributed by atoms with Gasteiger partial charge >= 0.3 is 0 Å². The molecular weight excluding hydrogens is 184 g/mol. The monoisotopic (exact) mass is 202 g/mol. The molecule has 0 saturated heterocycles. The van der Waals surface area contributed by atoms with E-state index in [1.54, 1.807) is 0 Å². The van der Waals surface area contributed by atoms with E-state index in [0.717, 1.165) is 18.5 Å². The summed E-state index contributed by atoms with van der Waals surface area (Å²) in [4.78, 5) is 0. The molecule has 0 bridgehead atoms. The molecule has 2 heteroatoms. The van der Waals surface area contributed by atoms with E-state index in [0.29, 0.717) is 0 Å². The smallest absolute Gasteiger partial charge is 0.0653 e. The van der Waals surface area contributed by atoms with Crippen molar-refractivity contribution in [2.24, 2.45) is 0 Å². The molecule has 80 valence electrons. The summed E-state index contributed by atoms with van der Waals surface area (Å²) in [5.74, 6) is 0. The number of hydrogen-bond acceptors (Lipinski definition) is 1. The van der Waals surface area contributed by atoms with Crippen molar-refractivity contribution in [3.05, 3.63) is 54.4 Å². The second-order valence-corrected chi connectivity index (χ2v) is 3.44. The molecule has 0 spiro atoms. The van der Waals surface area contributed by atoms with Crippen molar-refractivity contribution in [1.29, 1.82) is 0 Å². The molecular formula is C13H18N2. The molecule has 0 unspecified atom stereocenters. The highest BCUT2D eigenvalue weighted by Crippen LogP contribution is 2.02. The van der Waals surface area contributed by atoms with Gasteiger partial charge in [0, 0.05) is 6.20 Å². The normalized spacial score (nSPS) is 11.6. The maximum Gasteiger partial charge on any atom is 0.0653 e. The Hall–Kier alpha value is -1.57. The van der Waals surface area contributed by atoms with Crippen molar-refractivity contribution in [2.75, 3.05) is 0 Å². The molecule has 0 atom stereocenters. The standard InChI is InChI=1S/C13H18N2/c1-4-6-7-8-12(3)10-15-11-13(5-2)9-14-15/h4,6-9,11H,3,5,10H2,1-2H3/b6-4-,8-7-. The summed E-state index contributed by atoms with van der Waals surface area (Å²) in [7, 11) is 0. The van der Waals surface area contributed by atoms with Crippen LogP contribution in [0.5, 0.6) is 0 Å². The van der Waals surface area contributed by atoms with Crippen molar-refractivity contribution in [2.45, 2.75) is 26.8 Å². The molecule has 1 heterocycles. The van der Waals surface area contributed by atoms with Crippen molar-refractivity contribution >= 4 is 0 Å². The van der Waals surface area contributed by atoms with E-state index in [-0.39, 0.29) is 0 Å². The fraction of sp³-hybridized carbons (Fsp3) is 0.308. The SMILES string of the molecule is C=C(/C=C\C=C/C)Cn1cc(CC)cn1. The number of aromatic nitrogens is 2. The fourth-order valence-corrected chi connectivity index (χ4v) is 1.24. The van der Waals surface area contributed by atoms with Crippen LogP contribution in [-0.4, -0.2) is 9.78 Å². The molecule has 0 amide bonds. The van der Waals surface area contributed by atoms with E-state index in [4.69, 9.17) is 0 Å². The quantitative estimate of drug-likeness (QED) is 0.671. The molecule has 0 aliphatic heterocycles. The van der Waals surface area contributed by atoms with Gasteiger partial charge in [0.1, 0.15) is 0 Å². The Kier molecular flexibility index (Phi) is 4.61. The molecule has 15 heavy (non-hydrogen) atoms. The zero-order valence-electron chi connectivity index (χ0n) is 9.48. The lowest BCUT2D eigenvalue weighted by atomic mass is 10.2. The van der Waals surface area contributed by atoms with E-state index in [1.807, 2.05) is 42.1 Å². The topological polar surface area (TPSA) is 17.8 Å². The Balaban J connectivity index is 2.51. The first-order chi connectivity index (χ1) is 7.26. The van der Waals surface area contributed by atoms with Crippen LogP contribution in [0.15, 0.2) is 48.8 Å². The average Bonchev–Trinajstić information content (AvgIpc) is 2.66. The van der Waals surface area contributed by atoms with Crippen LogP contribution >= 0.6 is 0 Å². The van der Waals surface area contributed by atoms with Crippen LogP contribution in [0.4, 0.5) is 0 Å². The zero-order valence-corrected chi connectivity index (χ0v) is 9.48. The second-order valence-electron chi connectivity index (χ2n) is 3.44. The van der Waals surface area contributed by atoms with Crippen LogP contribution in [0.1, 0.15) is 19.4 Å². The van der Waals surface area contributed by atoms with Crippen LogP contribution in [0.3, 0.4) is 0 Å². The highest BCUT2D eigenvalue weighted by molar-refractivity contribution is 5.19. The molecule has 0 aliphatic carbocycles. The van der Waals surface area contributed by atoms with Gasteiger partial charge in [-0.1, -0.05) is 37.8 Å². The summed E-state index contributed by atoms with van der Waals surface area (Å²) in [5.41, 5.74) is 2.32. The Morgan fingerprint density at radius 1 is 1.53 bits per heavy atom. The van der Waals surface area contributed by atoms with E-state index >= 15 is 0 Å². The molecule has 0 aliphatic rings. The van der Waals surface area contributed by atoms with Gasteiger partial charge in [0.25, 0.3) is 0 Å². The van der Waals surface area contributed by atoms with Crippen molar-refractivity contribution in [3.63, 3.8) is 0 Å².